The van der Waals surface area contributed by atoms with E-state index in [0.717, 1.165) is 4.90 Å². The molecule has 0 bridgehead atoms. The highest BCUT2D eigenvalue weighted by atomic mass is 16.2. The van der Waals surface area contributed by atoms with Gasteiger partial charge in [0.2, 0.25) is 11.8 Å². The highest BCUT2D eigenvalue weighted by molar-refractivity contribution is 6.59. The molecular formula is C16H21N3O4. The Morgan fingerprint density at radius 3 is 2.30 bits per heavy atom. The molecule has 0 spiro atoms. The fraction of sp³-hybridized carbons (Fsp3) is 0.438. The zero-order valence-corrected chi connectivity index (χ0v) is 13.8. The third-order valence-electron chi connectivity index (χ3n) is 3.29. The Balaban J connectivity index is 0.00000127. The molecular weight excluding hydrogens is 298 g/mol. The van der Waals surface area contributed by atoms with Gasteiger partial charge in [0.1, 0.15) is 11.8 Å². The summed E-state index contributed by atoms with van der Waals surface area (Å²) in [5.41, 5.74) is 0.188. The van der Waals surface area contributed by atoms with Crippen LogP contribution in [0.1, 0.15) is 40.5 Å². The molecule has 0 aromatic carbocycles. The monoisotopic (exact) mass is 319 g/mol. The molecule has 0 aliphatic carbocycles. The molecule has 23 heavy (non-hydrogen) atoms. The first-order valence-corrected chi connectivity index (χ1v) is 7.58. The largest absolute Gasteiger partial charge is 0.295 e. The smallest absolute Gasteiger partial charge is 0.280 e. The molecule has 2 fully saturated rings. The van der Waals surface area contributed by atoms with Crippen molar-refractivity contribution in [1.82, 2.24) is 10.2 Å². The average molecular weight is 319 g/mol. The predicted octanol–water partition coefficient (Wildman–Crippen LogP) is 1.11. The van der Waals surface area contributed by atoms with Gasteiger partial charge in [-0.3, -0.25) is 34.4 Å². The van der Waals surface area contributed by atoms with Crippen LogP contribution >= 0.6 is 0 Å². The first kappa shape index (κ1) is 18.5. The molecule has 2 aliphatic rings. The second-order valence-electron chi connectivity index (χ2n) is 4.61. The minimum atomic E-state index is -0.962. The Bertz CT molecular complexity index is 617. The molecule has 0 radical (unpaired) electrons. The fourth-order valence-electron chi connectivity index (χ4n) is 2.30. The van der Waals surface area contributed by atoms with Gasteiger partial charge in [0.25, 0.3) is 11.8 Å². The number of carbonyl (C=O) groups is 4. The van der Waals surface area contributed by atoms with Gasteiger partial charge in [-0.1, -0.05) is 26.0 Å². The number of aliphatic imine (C=N–C) groups is 1. The minimum Gasteiger partial charge on any atom is -0.295 e. The number of rotatable bonds is 2. The van der Waals surface area contributed by atoms with Crippen molar-refractivity contribution >= 4 is 29.3 Å². The molecule has 2 saturated heterocycles. The second kappa shape index (κ2) is 8.17. The van der Waals surface area contributed by atoms with Gasteiger partial charge >= 0.3 is 0 Å². The van der Waals surface area contributed by atoms with E-state index >= 15 is 0 Å². The standard InChI is InChI=1S/C14H15N3O4.C2H6/c1-3-7-15-11-8(4-2)13(20)17(14(11)21)9-5-6-10(18)16-12(9)19;1-2/h3-4,7,9H,5-6H2,1-2H3,(H,16,18,19);1-2H3/b7-3-,8-4+,15-11+;. The highest BCUT2D eigenvalue weighted by Gasteiger charge is 2.47. The fourth-order valence-corrected chi connectivity index (χ4v) is 2.30. The Morgan fingerprint density at radius 2 is 1.78 bits per heavy atom. The van der Waals surface area contributed by atoms with Gasteiger partial charge in [0.05, 0.1) is 5.57 Å². The summed E-state index contributed by atoms with van der Waals surface area (Å²) in [5, 5.41) is 2.14. The highest BCUT2D eigenvalue weighted by Crippen LogP contribution is 2.23. The summed E-state index contributed by atoms with van der Waals surface area (Å²) >= 11 is 0. The van der Waals surface area contributed by atoms with Crippen LogP contribution in [0, 0.1) is 0 Å². The van der Waals surface area contributed by atoms with E-state index in [9.17, 15) is 19.2 Å². The normalized spacial score (nSPS) is 25.2. The molecule has 1 unspecified atom stereocenters. The van der Waals surface area contributed by atoms with Crippen LogP contribution in [0.2, 0.25) is 0 Å². The van der Waals surface area contributed by atoms with Gasteiger partial charge in [-0.15, -0.1) is 0 Å². The van der Waals surface area contributed by atoms with Crippen LogP contribution in [-0.2, 0) is 19.2 Å². The van der Waals surface area contributed by atoms with Crippen molar-refractivity contribution < 1.29 is 19.2 Å². The van der Waals surface area contributed by atoms with Crippen LogP contribution in [0.4, 0.5) is 0 Å². The number of amides is 4. The van der Waals surface area contributed by atoms with Crippen LogP contribution < -0.4 is 5.32 Å². The summed E-state index contributed by atoms with van der Waals surface area (Å²) in [6.45, 7) is 7.36. The van der Waals surface area contributed by atoms with E-state index in [-0.39, 0.29) is 24.1 Å². The first-order valence-electron chi connectivity index (χ1n) is 7.58. The van der Waals surface area contributed by atoms with E-state index in [1.807, 2.05) is 13.8 Å². The lowest BCUT2D eigenvalue weighted by Crippen LogP contribution is -2.54. The molecule has 2 rings (SSSR count). The molecule has 2 heterocycles. The Hall–Kier alpha value is -2.57. The van der Waals surface area contributed by atoms with Crippen LogP contribution in [0.3, 0.4) is 0 Å². The lowest BCUT2D eigenvalue weighted by Gasteiger charge is -2.27. The molecule has 1 atom stereocenters. The van der Waals surface area contributed by atoms with Crippen molar-refractivity contribution in [2.24, 2.45) is 4.99 Å². The van der Waals surface area contributed by atoms with Crippen molar-refractivity contribution in [3.63, 3.8) is 0 Å². The van der Waals surface area contributed by atoms with Gasteiger partial charge in [0.15, 0.2) is 0 Å². The maximum absolute atomic E-state index is 12.4. The number of likely N-dealkylation sites (tertiary alicyclic amines) is 1. The summed E-state index contributed by atoms with van der Waals surface area (Å²) in [7, 11) is 0. The van der Waals surface area contributed by atoms with Gasteiger partial charge in [0, 0.05) is 12.6 Å². The summed E-state index contributed by atoms with van der Waals surface area (Å²) in [4.78, 5) is 52.5. The Labute approximate surface area is 135 Å². The third-order valence-corrected chi connectivity index (χ3v) is 3.29. The Kier molecular flexibility index (Phi) is 6.56. The third kappa shape index (κ3) is 3.61. The van der Waals surface area contributed by atoms with Crippen molar-refractivity contribution in [3.05, 3.63) is 23.9 Å². The lowest BCUT2D eigenvalue weighted by atomic mass is 10.0. The maximum atomic E-state index is 12.4. The van der Waals surface area contributed by atoms with Crippen molar-refractivity contribution in [2.45, 2.75) is 46.6 Å². The number of imide groups is 2. The lowest BCUT2D eigenvalue weighted by molar-refractivity contribution is -0.148. The molecule has 0 saturated carbocycles. The Morgan fingerprint density at radius 1 is 1.13 bits per heavy atom. The topological polar surface area (TPSA) is 95.9 Å². The molecule has 7 nitrogen and oxygen atoms in total. The predicted molar refractivity (Wildman–Crippen MR) is 85.4 cm³/mol. The van der Waals surface area contributed by atoms with E-state index in [2.05, 4.69) is 10.3 Å². The van der Waals surface area contributed by atoms with E-state index in [0.29, 0.717) is 0 Å². The second-order valence-corrected chi connectivity index (χ2v) is 4.61. The number of hydrogen-bond acceptors (Lipinski definition) is 5. The van der Waals surface area contributed by atoms with Crippen LogP contribution in [-0.4, -0.2) is 40.3 Å². The minimum absolute atomic E-state index is 0.0188. The summed E-state index contributed by atoms with van der Waals surface area (Å²) in [6.07, 6.45) is 4.77. The van der Waals surface area contributed by atoms with Gasteiger partial charge < -0.3 is 0 Å². The summed E-state index contributed by atoms with van der Waals surface area (Å²) in [6, 6.07) is -0.962. The van der Waals surface area contributed by atoms with E-state index in [1.165, 1.54) is 12.3 Å². The van der Waals surface area contributed by atoms with Crippen molar-refractivity contribution in [2.75, 3.05) is 0 Å². The van der Waals surface area contributed by atoms with Crippen LogP contribution in [0.25, 0.3) is 0 Å². The maximum Gasteiger partial charge on any atom is 0.280 e. The van der Waals surface area contributed by atoms with Gasteiger partial charge in [-0.2, -0.15) is 0 Å². The molecule has 124 valence electrons. The molecule has 7 heteroatoms. The van der Waals surface area contributed by atoms with Gasteiger partial charge in [-0.25, -0.2) is 0 Å². The number of nitrogens with one attached hydrogen (secondary N) is 1. The summed E-state index contributed by atoms with van der Waals surface area (Å²) in [5.74, 6) is -2.19. The zero-order valence-electron chi connectivity index (χ0n) is 13.8. The number of hydrogen-bond donors (Lipinski definition) is 1. The molecule has 4 amide bonds. The van der Waals surface area contributed by atoms with Crippen molar-refractivity contribution in [3.8, 4) is 0 Å². The number of carbonyl (C=O) groups excluding carboxylic acids is 4. The van der Waals surface area contributed by atoms with Crippen LogP contribution in [0.5, 0.6) is 0 Å². The zero-order chi connectivity index (χ0) is 17.6. The number of nitrogens with zero attached hydrogens (tertiary/aromatic N) is 2. The van der Waals surface area contributed by atoms with Gasteiger partial charge in [-0.05, 0) is 20.3 Å². The number of piperidine rings is 1. The SMILES string of the molecule is CC.C\C=C/N=C1/C(=O)N(C2CCC(=O)NC2=O)C(=O)/C1=C/C. The van der Waals surface area contributed by atoms with E-state index in [1.54, 1.807) is 19.9 Å². The summed E-state index contributed by atoms with van der Waals surface area (Å²) < 4.78 is 0. The first-order chi connectivity index (χ1) is 11.0. The molecule has 0 aromatic heterocycles. The average Bonchev–Trinajstić information content (AvgIpc) is 2.78. The molecule has 1 N–H and O–H groups in total. The van der Waals surface area contributed by atoms with E-state index < -0.39 is 29.7 Å². The van der Waals surface area contributed by atoms with Crippen LogP contribution in [0.15, 0.2) is 28.9 Å². The quantitative estimate of drug-likeness (QED) is 0.609. The molecule has 0 aromatic rings. The number of allylic oxidation sites excluding steroid dienone is 2. The molecule has 2 aliphatic heterocycles. The van der Waals surface area contributed by atoms with Crippen molar-refractivity contribution in [1.29, 1.82) is 0 Å². The van der Waals surface area contributed by atoms with E-state index in [4.69, 9.17) is 0 Å².